The lowest BCUT2D eigenvalue weighted by Crippen LogP contribution is -2.38. The summed E-state index contributed by atoms with van der Waals surface area (Å²) in [5, 5.41) is 6.60. The Labute approximate surface area is 117 Å². The quantitative estimate of drug-likeness (QED) is 0.908. The number of methoxy groups -OCH3 is 1. The van der Waals surface area contributed by atoms with Crippen LogP contribution in [0.1, 0.15) is 38.4 Å². The second-order valence-corrected chi connectivity index (χ2v) is 5.91. The van der Waals surface area contributed by atoms with E-state index in [0.717, 1.165) is 47.7 Å². The number of nitrogens with one attached hydrogen (secondary N) is 1. The first-order chi connectivity index (χ1) is 9.29. The first kappa shape index (κ1) is 12.8. The van der Waals surface area contributed by atoms with Crippen LogP contribution in [0.2, 0.25) is 0 Å². The predicted molar refractivity (Wildman–Crippen MR) is 78.7 cm³/mol. The van der Waals surface area contributed by atoms with Gasteiger partial charge >= 0.3 is 0 Å². The fraction of sp³-hybridized carbons (Fsp3) is 0.571. The summed E-state index contributed by atoms with van der Waals surface area (Å²) in [6, 6.07) is 2.09. The number of rotatable bonds is 5. The summed E-state index contributed by atoms with van der Waals surface area (Å²) < 4.78 is 5.70. The maximum atomic E-state index is 5.70. The number of aromatic nitrogens is 2. The lowest BCUT2D eigenvalue weighted by atomic mass is 9.79. The van der Waals surface area contributed by atoms with Crippen molar-refractivity contribution >= 4 is 27.4 Å². The molecule has 1 N–H and O–H groups in total. The predicted octanol–water partition coefficient (Wildman–Crippen LogP) is 3.54. The smallest absolute Gasteiger partial charge is 0.164 e. The Morgan fingerprint density at radius 1 is 1.42 bits per heavy atom. The first-order valence-electron chi connectivity index (χ1n) is 6.84. The van der Waals surface area contributed by atoms with Crippen LogP contribution in [0.4, 0.5) is 5.82 Å². The van der Waals surface area contributed by atoms with Gasteiger partial charge in [-0.2, -0.15) is 0 Å². The summed E-state index contributed by atoms with van der Waals surface area (Å²) in [4.78, 5) is 10.5. The first-order valence-corrected chi connectivity index (χ1v) is 7.72. The van der Waals surface area contributed by atoms with Crippen LogP contribution >= 0.6 is 11.3 Å². The molecule has 1 saturated carbocycles. The molecule has 0 aliphatic heterocycles. The molecule has 2 heterocycles. The fourth-order valence-corrected chi connectivity index (χ4v) is 3.22. The second-order valence-electron chi connectivity index (χ2n) is 5.01. The van der Waals surface area contributed by atoms with Gasteiger partial charge in [-0.3, -0.25) is 0 Å². The normalized spacial score (nSPS) is 17.4. The summed E-state index contributed by atoms with van der Waals surface area (Å²) in [5.74, 6) is 1.79. The molecule has 0 bridgehead atoms. The zero-order valence-corrected chi connectivity index (χ0v) is 12.2. The lowest BCUT2D eigenvalue weighted by Gasteiger charge is -2.38. The molecule has 2 aromatic rings. The number of ether oxygens (including phenoxy) is 1. The number of hydrogen-bond acceptors (Lipinski definition) is 5. The number of nitrogens with zero attached hydrogens (tertiary/aromatic N) is 2. The van der Waals surface area contributed by atoms with Gasteiger partial charge < -0.3 is 10.1 Å². The van der Waals surface area contributed by atoms with E-state index in [1.165, 1.54) is 6.42 Å². The molecule has 0 radical (unpaired) electrons. The molecule has 0 unspecified atom stereocenters. The molecular formula is C14H19N3OS. The van der Waals surface area contributed by atoms with Crippen LogP contribution in [0.5, 0.6) is 0 Å². The SMILES string of the molecule is CCCNc1nc(C2(OC)CCC2)nc2sccc12. The van der Waals surface area contributed by atoms with E-state index in [4.69, 9.17) is 14.7 Å². The highest BCUT2D eigenvalue weighted by molar-refractivity contribution is 7.16. The lowest BCUT2D eigenvalue weighted by molar-refractivity contribution is -0.0843. The summed E-state index contributed by atoms with van der Waals surface area (Å²) in [5.41, 5.74) is -0.249. The molecule has 0 aromatic carbocycles. The van der Waals surface area contributed by atoms with Crippen LogP contribution in [0, 0.1) is 0 Å². The van der Waals surface area contributed by atoms with Crippen LogP contribution < -0.4 is 5.32 Å². The molecule has 3 rings (SSSR count). The third-order valence-electron chi connectivity index (χ3n) is 3.83. The van der Waals surface area contributed by atoms with Gasteiger partial charge in [-0.1, -0.05) is 6.92 Å². The van der Waals surface area contributed by atoms with Gasteiger partial charge in [0.25, 0.3) is 0 Å². The third kappa shape index (κ3) is 2.11. The van der Waals surface area contributed by atoms with Crippen molar-refractivity contribution in [2.75, 3.05) is 19.0 Å². The van der Waals surface area contributed by atoms with Gasteiger partial charge in [0, 0.05) is 13.7 Å². The molecule has 0 atom stereocenters. The van der Waals surface area contributed by atoms with E-state index < -0.39 is 0 Å². The van der Waals surface area contributed by atoms with E-state index >= 15 is 0 Å². The fourth-order valence-electron chi connectivity index (χ4n) is 2.45. The number of thiophene rings is 1. The highest BCUT2D eigenvalue weighted by Gasteiger charge is 2.42. The molecule has 2 aromatic heterocycles. The van der Waals surface area contributed by atoms with Crippen molar-refractivity contribution in [1.29, 1.82) is 0 Å². The van der Waals surface area contributed by atoms with Crippen molar-refractivity contribution in [2.24, 2.45) is 0 Å². The Morgan fingerprint density at radius 3 is 2.89 bits per heavy atom. The molecule has 4 nitrogen and oxygen atoms in total. The molecular weight excluding hydrogens is 258 g/mol. The van der Waals surface area contributed by atoms with Crippen LogP contribution in [0.3, 0.4) is 0 Å². The van der Waals surface area contributed by atoms with Gasteiger partial charge in [0.15, 0.2) is 5.82 Å². The molecule has 19 heavy (non-hydrogen) atoms. The van der Waals surface area contributed by atoms with Gasteiger partial charge in [0.1, 0.15) is 16.2 Å². The summed E-state index contributed by atoms with van der Waals surface area (Å²) in [6.45, 7) is 3.09. The molecule has 102 valence electrons. The van der Waals surface area contributed by atoms with Crippen molar-refractivity contribution < 1.29 is 4.74 Å². The minimum absolute atomic E-state index is 0.249. The molecule has 0 saturated heterocycles. The minimum Gasteiger partial charge on any atom is -0.370 e. The standard InChI is InChI=1S/C14H19N3OS/c1-3-8-15-11-10-5-9-19-12(10)17-13(16-11)14(18-2)6-4-7-14/h5,9H,3-4,6-8H2,1-2H3,(H,15,16,17). The molecule has 1 fully saturated rings. The van der Waals surface area contributed by atoms with Crippen molar-refractivity contribution in [3.63, 3.8) is 0 Å². The monoisotopic (exact) mass is 277 g/mol. The average Bonchev–Trinajstić information content (AvgIpc) is 2.83. The van der Waals surface area contributed by atoms with E-state index in [2.05, 4.69) is 23.7 Å². The largest absolute Gasteiger partial charge is 0.370 e. The number of hydrogen-bond donors (Lipinski definition) is 1. The highest BCUT2D eigenvalue weighted by atomic mass is 32.1. The Hall–Kier alpha value is -1.20. The third-order valence-corrected chi connectivity index (χ3v) is 4.63. The second kappa shape index (κ2) is 5.06. The van der Waals surface area contributed by atoms with Gasteiger partial charge in [0.2, 0.25) is 0 Å². The van der Waals surface area contributed by atoms with Crippen LogP contribution in [0.25, 0.3) is 10.2 Å². The maximum absolute atomic E-state index is 5.70. The summed E-state index contributed by atoms with van der Waals surface area (Å²) in [7, 11) is 1.76. The van der Waals surface area contributed by atoms with Crippen molar-refractivity contribution in [2.45, 2.75) is 38.2 Å². The summed E-state index contributed by atoms with van der Waals surface area (Å²) in [6.07, 6.45) is 4.32. The zero-order valence-electron chi connectivity index (χ0n) is 11.4. The Bertz CT molecular complexity index is 572. The van der Waals surface area contributed by atoms with Gasteiger partial charge in [0.05, 0.1) is 5.39 Å². The van der Waals surface area contributed by atoms with Crippen molar-refractivity contribution in [3.8, 4) is 0 Å². The Balaban J connectivity index is 2.05. The van der Waals surface area contributed by atoms with E-state index in [1.54, 1.807) is 18.4 Å². The van der Waals surface area contributed by atoms with Crippen LogP contribution in [-0.4, -0.2) is 23.6 Å². The van der Waals surface area contributed by atoms with Crippen molar-refractivity contribution in [3.05, 3.63) is 17.3 Å². The van der Waals surface area contributed by atoms with E-state index in [0.29, 0.717) is 0 Å². The number of fused-ring (bicyclic) bond motifs is 1. The van der Waals surface area contributed by atoms with Crippen LogP contribution in [0.15, 0.2) is 11.4 Å². The van der Waals surface area contributed by atoms with Crippen LogP contribution in [-0.2, 0) is 10.3 Å². The maximum Gasteiger partial charge on any atom is 0.164 e. The van der Waals surface area contributed by atoms with Gasteiger partial charge in [-0.05, 0) is 37.1 Å². The molecule has 5 heteroatoms. The van der Waals surface area contributed by atoms with Gasteiger partial charge in [-0.15, -0.1) is 11.3 Å². The number of anilines is 1. The topological polar surface area (TPSA) is 47.0 Å². The minimum atomic E-state index is -0.249. The van der Waals surface area contributed by atoms with E-state index in [9.17, 15) is 0 Å². The summed E-state index contributed by atoms with van der Waals surface area (Å²) >= 11 is 1.66. The highest BCUT2D eigenvalue weighted by Crippen LogP contribution is 2.43. The molecule has 0 spiro atoms. The average molecular weight is 277 g/mol. The zero-order chi connectivity index (χ0) is 13.3. The Kier molecular flexibility index (Phi) is 3.41. The van der Waals surface area contributed by atoms with Gasteiger partial charge in [-0.25, -0.2) is 9.97 Å². The van der Waals surface area contributed by atoms with E-state index in [1.807, 2.05) is 0 Å². The van der Waals surface area contributed by atoms with E-state index in [-0.39, 0.29) is 5.60 Å². The Morgan fingerprint density at radius 2 is 2.26 bits per heavy atom. The molecule has 0 amide bonds. The molecule has 1 aliphatic carbocycles. The molecule has 1 aliphatic rings. The van der Waals surface area contributed by atoms with Crippen molar-refractivity contribution in [1.82, 2.24) is 9.97 Å².